The summed E-state index contributed by atoms with van der Waals surface area (Å²) in [5.41, 5.74) is 8.15. The van der Waals surface area contributed by atoms with Gasteiger partial charge in [-0.25, -0.2) is 0 Å². The van der Waals surface area contributed by atoms with Gasteiger partial charge in [0.2, 0.25) is 0 Å². The lowest BCUT2D eigenvalue weighted by molar-refractivity contribution is 0.149. The van der Waals surface area contributed by atoms with Crippen molar-refractivity contribution in [3.63, 3.8) is 0 Å². The van der Waals surface area contributed by atoms with Gasteiger partial charge in [0.15, 0.2) is 0 Å². The van der Waals surface area contributed by atoms with Crippen molar-refractivity contribution in [2.75, 3.05) is 18.8 Å². The van der Waals surface area contributed by atoms with Gasteiger partial charge < -0.3 is 5.73 Å². The van der Waals surface area contributed by atoms with Crippen LogP contribution in [0.5, 0.6) is 0 Å². The summed E-state index contributed by atoms with van der Waals surface area (Å²) in [6.45, 7) is 4.71. The first kappa shape index (κ1) is 11.5. The summed E-state index contributed by atoms with van der Waals surface area (Å²) >= 11 is 0. The molecule has 0 spiro atoms. The average molecular weight is 218 g/mol. The standard InChI is InChI=1S/C14H22N2/c1-2-9-16-10-4-3-8-14(16)12-6-5-7-13(15)11-12/h5-7,11,14H,2-4,8-10,15H2,1H3. The molecular weight excluding hydrogens is 196 g/mol. The molecule has 0 aromatic heterocycles. The maximum atomic E-state index is 5.87. The van der Waals surface area contributed by atoms with E-state index in [1.54, 1.807) is 0 Å². The maximum absolute atomic E-state index is 5.87. The molecule has 0 saturated carbocycles. The molecule has 1 heterocycles. The van der Waals surface area contributed by atoms with E-state index in [1.807, 2.05) is 6.07 Å². The third kappa shape index (κ3) is 2.56. The molecule has 2 heteroatoms. The molecule has 1 saturated heterocycles. The average Bonchev–Trinajstić information content (AvgIpc) is 2.30. The fourth-order valence-electron chi connectivity index (χ4n) is 2.69. The summed E-state index contributed by atoms with van der Waals surface area (Å²) in [5.74, 6) is 0. The summed E-state index contributed by atoms with van der Waals surface area (Å²) in [6.07, 6.45) is 5.21. The van der Waals surface area contributed by atoms with E-state index in [4.69, 9.17) is 5.73 Å². The highest BCUT2D eigenvalue weighted by Gasteiger charge is 2.22. The number of benzene rings is 1. The maximum Gasteiger partial charge on any atom is 0.0348 e. The van der Waals surface area contributed by atoms with Crippen LogP contribution in [0.15, 0.2) is 24.3 Å². The van der Waals surface area contributed by atoms with Crippen molar-refractivity contribution in [1.29, 1.82) is 0 Å². The van der Waals surface area contributed by atoms with Gasteiger partial charge in [-0.3, -0.25) is 4.90 Å². The fourth-order valence-corrected chi connectivity index (χ4v) is 2.69. The van der Waals surface area contributed by atoms with Crippen LogP contribution >= 0.6 is 0 Å². The van der Waals surface area contributed by atoms with Crippen LogP contribution in [0.25, 0.3) is 0 Å². The van der Waals surface area contributed by atoms with Crippen molar-refractivity contribution in [3.05, 3.63) is 29.8 Å². The number of nitrogens with two attached hydrogens (primary N) is 1. The Labute approximate surface area is 98.4 Å². The first-order valence-corrected chi connectivity index (χ1v) is 6.40. The van der Waals surface area contributed by atoms with Crippen LogP contribution in [0.1, 0.15) is 44.2 Å². The molecule has 0 bridgehead atoms. The minimum Gasteiger partial charge on any atom is -0.399 e. The molecule has 16 heavy (non-hydrogen) atoms. The topological polar surface area (TPSA) is 29.3 Å². The monoisotopic (exact) mass is 218 g/mol. The molecule has 1 aliphatic heterocycles. The van der Waals surface area contributed by atoms with Gasteiger partial charge in [-0.15, -0.1) is 0 Å². The Morgan fingerprint density at radius 3 is 3.00 bits per heavy atom. The van der Waals surface area contributed by atoms with Gasteiger partial charge >= 0.3 is 0 Å². The number of hydrogen-bond acceptors (Lipinski definition) is 2. The van der Waals surface area contributed by atoms with Crippen LogP contribution in [0.3, 0.4) is 0 Å². The van der Waals surface area contributed by atoms with Gasteiger partial charge in [-0.2, -0.15) is 0 Å². The molecule has 88 valence electrons. The highest BCUT2D eigenvalue weighted by molar-refractivity contribution is 5.41. The van der Waals surface area contributed by atoms with E-state index >= 15 is 0 Å². The van der Waals surface area contributed by atoms with Crippen molar-refractivity contribution in [2.24, 2.45) is 0 Å². The molecule has 1 aliphatic rings. The van der Waals surface area contributed by atoms with E-state index in [-0.39, 0.29) is 0 Å². The second-order valence-electron chi connectivity index (χ2n) is 4.72. The lowest BCUT2D eigenvalue weighted by Gasteiger charge is -2.36. The molecule has 0 radical (unpaired) electrons. The number of nitrogen functional groups attached to an aromatic ring is 1. The van der Waals surface area contributed by atoms with Crippen molar-refractivity contribution < 1.29 is 0 Å². The Balaban J connectivity index is 2.16. The zero-order chi connectivity index (χ0) is 11.4. The zero-order valence-electron chi connectivity index (χ0n) is 10.2. The predicted molar refractivity (Wildman–Crippen MR) is 69.3 cm³/mol. The molecule has 2 N–H and O–H groups in total. The minimum atomic E-state index is 0.595. The molecule has 1 atom stereocenters. The van der Waals surface area contributed by atoms with Crippen LogP contribution in [0.2, 0.25) is 0 Å². The zero-order valence-corrected chi connectivity index (χ0v) is 10.2. The van der Waals surface area contributed by atoms with Gasteiger partial charge in [0.1, 0.15) is 0 Å². The second-order valence-corrected chi connectivity index (χ2v) is 4.72. The van der Waals surface area contributed by atoms with Crippen LogP contribution in [0, 0.1) is 0 Å². The first-order valence-electron chi connectivity index (χ1n) is 6.40. The van der Waals surface area contributed by atoms with Crippen molar-refractivity contribution in [2.45, 2.75) is 38.6 Å². The number of hydrogen-bond donors (Lipinski definition) is 1. The summed E-state index contributed by atoms with van der Waals surface area (Å²) < 4.78 is 0. The number of nitrogens with zero attached hydrogens (tertiary/aromatic N) is 1. The van der Waals surface area contributed by atoms with Crippen molar-refractivity contribution in [1.82, 2.24) is 4.90 Å². The molecule has 1 unspecified atom stereocenters. The first-order chi connectivity index (χ1) is 7.81. The third-order valence-corrected chi connectivity index (χ3v) is 3.42. The highest BCUT2D eigenvalue weighted by Crippen LogP contribution is 2.31. The van der Waals surface area contributed by atoms with E-state index in [0.29, 0.717) is 6.04 Å². The van der Waals surface area contributed by atoms with Gasteiger partial charge in [0.25, 0.3) is 0 Å². The van der Waals surface area contributed by atoms with Gasteiger partial charge in [-0.1, -0.05) is 25.5 Å². The fraction of sp³-hybridized carbons (Fsp3) is 0.571. The summed E-state index contributed by atoms with van der Waals surface area (Å²) in [5, 5.41) is 0. The van der Waals surface area contributed by atoms with Gasteiger partial charge in [-0.05, 0) is 50.0 Å². The normalized spacial score (nSPS) is 22.2. The Bertz CT molecular complexity index is 333. The Kier molecular flexibility index (Phi) is 3.83. The van der Waals surface area contributed by atoms with Crippen molar-refractivity contribution >= 4 is 5.69 Å². The Morgan fingerprint density at radius 1 is 1.38 bits per heavy atom. The second kappa shape index (κ2) is 5.35. The predicted octanol–water partition coefficient (Wildman–Crippen LogP) is 3.21. The quantitative estimate of drug-likeness (QED) is 0.789. The molecule has 1 aromatic rings. The van der Waals surface area contributed by atoms with E-state index in [1.165, 1.54) is 44.3 Å². The smallest absolute Gasteiger partial charge is 0.0348 e. The minimum absolute atomic E-state index is 0.595. The Hall–Kier alpha value is -1.02. The molecule has 2 rings (SSSR count). The third-order valence-electron chi connectivity index (χ3n) is 3.42. The highest BCUT2D eigenvalue weighted by atomic mass is 15.2. The van der Waals surface area contributed by atoms with Crippen LogP contribution < -0.4 is 5.73 Å². The number of anilines is 1. The van der Waals surface area contributed by atoms with Gasteiger partial charge in [0.05, 0.1) is 0 Å². The summed E-state index contributed by atoms with van der Waals surface area (Å²) in [4.78, 5) is 2.61. The number of piperidine rings is 1. The van der Waals surface area contributed by atoms with Crippen LogP contribution in [-0.4, -0.2) is 18.0 Å². The van der Waals surface area contributed by atoms with E-state index in [9.17, 15) is 0 Å². The summed E-state index contributed by atoms with van der Waals surface area (Å²) in [7, 11) is 0. The lowest BCUT2D eigenvalue weighted by Crippen LogP contribution is -2.33. The SMILES string of the molecule is CCCN1CCCCC1c1cccc(N)c1. The molecule has 1 fully saturated rings. The van der Waals surface area contributed by atoms with Gasteiger partial charge in [0, 0.05) is 11.7 Å². The molecule has 0 amide bonds. The molecule has 1 aromatic carbocycles. The van der Waals surface area contributed by atoms with Crippen molar-refractivity contribution in [3.8, 4) is 0 Å². The van der Waals surface area contributed by atoms with Crippen LogP contribution in [-0.2, 0) is 0 Å². The largest absolute Gasteiger partial charge is 0.399 e. The van der Waals surface area contributed by atoms with E-state index < -0.39 is 0 Å². The number of rotatable bonds is 3. The van der Waals surface area contributed by atoms with E-state index in [2.05, 4.69) is 30.0 Å². The summed E-state index contributed by atoms with van der Waals surface area (Å²) in [6, 6.07) is 8.99. The molecule has 2 nitrogen and oxygen atoms in total. The molecule has 0 aliphatic carbocycles. The lowest BCUT2D eigenvalue weighted by atomic mass is 9.95. The van der Waals surface area contributed by atoms with Crippen LogP contribution in [0.4, 0.5) is 5.69 Å². The Morgan fingerprint density at radius 2 is 2.25 bits per heavy atom. The number of likely N-dealkylation sites (tertiary alicyclic amines) is 1. The molecular formula is C14H22N2. The van der Waals surface area contributed by atoms with E-state index in [0.717, 1.165) is 5.69 Å².